The van der Waals surface area contributed by atoms with Crippen LogP contribution in [0.5, 0.6) is 0 Å². The Morgan fingerprint density at radius 1 is 0.967 bits per heavy atom. The number of hydrogen-bond acceptors (Lipinski definition) is 4. The number of pyridine rings is 1. The molecule has 0 radical (unpaired) electrons. The van der Waals surface area contributed by atoms with Crippen molar-refractivity contribution in [3.05, 3.63) is 106 Å². The summed E-state index contributed by atoms with van der Waals surface area (Å²) >= 11 is 0. The highest BCUT2D eigenvalue weighted by molar-refractivity contribution is 6.46. The molecule has 1 aliphatic heterocycles. The highest BCUT2D eigenvalue weighted by atomic mass is 16.3. The van der Waals surface area contributed by atoms with Gasteiger partial charge in [-0.3, -0.25) is 14.6 Å². The molecule has 1 aliphatic rings. The van der Waals surface area contributed by atoms with Crippen molar-refractivity contribution in [3.63, 3.8) is 0 Å². The minimum Gasteiger partial charge on any atom is -0.507 e. The lowest BCUT2D eigenvalue weighted by Gasteiger charge is -2.25. The summed E-state index contributed by atoms with van der Waals surface area (Å²) in [5.74, 6) is -1.46. The summed E-state index contributed by atoms with van der Waals surface area (Å²) in [6.45, 7) is 4.15. The average Bonchev–Trinajstić information content (AvgIpc) is 3.00. The quantitative estimate of drug-likeness (QED) is 0.404. The zero-order valence-corrected chi connectivity index (χ0v) is 16.9. The number of carbonyl (C=O) groups excluding carboxylic acids is 2. The van der Waals surface area contributed by atoms with Crippen molar-refractivity contribution in [2.75, 3.05) is 0 Å². The van der Waals surface area contributed by atoms with E-state index in [1.807, 2.05) is 56.3 Å². The molecule has 1 amide bonds. The number of aromatic nitrogens is 1. The summed E-state index contributed by atoms with van der Waals surface area (Å²) in [6, 6.07) is 17.9. The van der Waals surface area contributed by atoms with Gasteiger partial charge >= 0.3 is 0 Å². The van der Waals surface area contributed by atoms with Gasteiger partial charge in [0.25, 0.3) is 11.7 Å². The van der Waals surface area contributed by atoms with Crippen LogP contribution in [-0.2, 0) is 16.1 Å². The van der Waals surface area contributed by atoms with E-state index in [0.717, 1.165) is 22.3 Å². The molecule has 0 saturated carbocycles. The lowest BCUT2D eigenvalue weighted by Crippen LogP contribution is -2.29. The number of Topliss-reactive ketones (excluding diaryl/α,β-unsaturated/α-hetero) is 1. The molecule has 150 valence electrons. The Morgan fingerprint density at radius 3 is 2.20 bits per heavy atom. The molecule has 5 nitrogen and oxygen atoms in total. The summed E-state index contributed by atoms with van der Waals surface area (Å²) in [6.07, 6.45) is 3.33. The van der Waals surface area contributed by atoms with Crippen LogP contribution in [0, 0.1) is 13.8 Å². The van der Waals surface area contributed by atoms with Crippen molar-refractivity contribution in [3.8, 4) is 0 Å². The minimum atomic E-state index is -0.678. The first-order chi connectivity index (χ1) is 14.5. The van der Waals surface area contributed by atoms with Gasteiger partial charge in [-0.25, -0.2) is 0 Å². The number of nitrogens with zero attached hydrogens (tertiary/aromatic N) is 2. The zero-order valence-electron chi connectivity index (χ0n) is 16.9. The number of aryl methyl sites for hydroxylation is 2. The summed E-state index contributed by atoms with van der Waals surface area (Å²) in [7, 11) is 0. The van der Waals surface area contributed by atoms with E-state index >= 15 is 0 Å². The Bertz CT molecular complexity index is 1120. The lowest BCUT2D eigenvalue weighted by molar-refractivity contribution is -0.140. The summed E-state index contributed by atoms with van der Waals surface area (Å²) < 4.78 is 0. The first-order valence-electron chi connectivity index (χ1n) is 9.76. The van der Waals surface area contributed by atoms with Crippen molar-refractivity contribution in [1.29, 1.82) is 0 Å². The Labute approximate surface area is 175 Å². The van der Waals surface area contributed by atoms with Crippen LogP contribution in [0.2, 0.25) is 0 Å². The molecule has 1 saturated heterocycles. The van der Waals surface area contributed by atoms with Crippen molar-refractivity contribution < 1.29 is 14.7 Å². The molecule has 30 heavy (non-hydrogen) atoms. The standard InChI is InChI=1S/C25H22N2O3/c1-16-5-9-19(10-6-16)22-21(23(28)20-11-7-17(2)8-12-20)24(29)25(30)27(22)15-18-4-3-13-26-14-18/h3-14,22,28H,15H2,1-2H3/b23-21-. The Balaban J connectivity index is 1.85. The van der Waals surface area contributed by atoms with Gasteiger partial charge in [0.15, 0.2) is 0 Å². The fourth-order valence-electron chi connectivity index (χ4n) is 3.69. The third-order valence-electron chi connectivity index (χ3n) is 5.33. The van der Waals surface area contributed by atoms with Crippen LogP contribution in [-0.4, -0.2) is 26.7 Å². The molecule has 1 atom stereocenters. The third-order valence-corrected chi connectivity index (χ3v) is 5.33. The predicted molar refractivity (Wildman–Crippen MR) is 114 cm³/mol. The van der Waals surface area contributed by atoms with Gasteiger partial charge in [-0.05, 0) is 31.0 Å². The number of likely N-dealkylation sites (tertiary alicyclic amines) is 1. The zero-order chi connectivity index (χ0) is 21.3. The van der Waals surface area contributed by atoms with Crippen LogP contribution in [0.1, 0.15) is 33.9 Å². The summed E-state index contributed by atoms with van der Waals surface area (Å²) in [5.41, 5.74) is 4.32. The van der Waals surface area contributed by atoms with Crippen molar-refractivity contribution in [2.24, 2.45) is 0 Å². The number of aliphatic hydroxyl groups is 1. The van der Waals surface area contributed by atoms with Crippen molar-refractivity contribution in [1.82, 2.24) is 9.88 Å². The van der Waals surface area contributed by atoms with Crippen LogP contribution < -0.4 is 0 Å². The van der Waals surface area contributed by atoms with Crippen LogP contribution >= 0.6 is 0 Å². The molecule has 4 rings (SSSR count). The summed E-state index contributed by atoms with van der Waals surface area (Å²) in [4.78, 5) is 31.6. The van der Waals surface area contributed by atoms with E-state index in [1.165, 1.54) is 4.90 Å². The Kier molecular flexibility index (Phi) is 5.19. The second kappa shape index (κ2) is 7.95. The monoisotopic (exact) mass is 398 g/mol. The van der Waals surface area contributed by atoms with Gasteiger partial charge < -0.3 is 10.0 Å². The number of ketones is 1. The largest absolute Gasteiger partial charge is 0.507 e. The van der Waals surface area contributed by atoms with E-state index in [4.69, 9.17) is 0 Å². The smallest absolute Gasteiger partial charge is 0.295 e. The van der Waals surface area contributed by atoms with Gasteiger partial charge in [-0.2, -0.15) is 0 Å². The molecule has 1 N–H and O–H groups in total. The van der Waals surface area contributed by atoms with Gasteiger partial charge in [-0.15, -0.1) is 0 Å². The predicted octanol–water partition coefficient (Wildman–Crippen LogP) is 4.32. The number of amides is 1. The fourth-order valence-corrected chi connectivity index (χ4v) is 3.69. The molecule has 2 heterocycles. The van der Waals surface area contributed by atoms with E-state index in [-0.39, 0.29) is 17.9 Å². The highest BCUT2D eigenvalue weighted by Crippen LogP contribution is 2.40. The number of hydrogen-bond donors (Lipinski definition) is 1. The second-order valence-electron chi connectivity index (χ2n) is 7.56. The van der Waals surface area contributed by atoms with Crippen LogP contribution in [0.3, 0.4) is 0 Å². The molecule has 2 aromatic carbocycles. The lowest BCUT2D eigenvalue weighted by atomic mass is 9.94. The van der Waals surface area contributed by atoms with Gasteiger partial charge in [0.05, 0.1) is 11.6 Å². The molecule has 5 heteroatoms. The SMILES string of the molecule is Cc1ccc(/C(O)=C2/C(=O)C(=O)N(Cc3cccnc3)C2c2ccc(C)cc2)cc1. The molecule has 1 fully saturated rings. The second-order valence-corrected chi connectivity index (χ2v) is 7.56. The molecular formula is C25H22N2O3. The third kappa shape index (κ3) is 3.62. The first kappa shape index (κ1) is 19.6. The Morgan fingerprint density at radius 2 is 1.60 bits per heavy atom. The topological polar surface area (TPSA) is 70.5 Å². The van der Waals surface area contributed by atoms with E-state index in [0.29, 0.717) is 5.56 Å². The summed E-state index contributed by atoms with van der Waals surface area (Å²) in [5, 5.41) is 11.0. The first-order valence-corrected chi connectivity index (χ1v) is 9.76. The van der Waals surface area contributed by atoms with E-state index < -0.39 is 17.7 Å². The van der Waals surface area contributed by atoms with Crippen LogP contribution in [0.25, 0.3) is 5.76 Å². The maximum atomic E-state index is 13.0. The number of aliphatic hydroxyl groups excluding tert-OH is 1. The number of rotatable bonds is 4. The minimum absolute atomic E-state index is 0.108. The van der Waals surface area contributed by atoms with E-state index in [9.17, 15) is 14.7 Å². The molecule has 0 bridgehead atoms. The van der Waals surface area contributed by atoms with Gasteiger partial charge in [0, 0.05) is 24.5 Å². The molecule has 3 aromatic rings. The molecule has 1 unspecified atom stereocenters. The van der Waals surface area contributed by atoms with E-state index in [1.54, 1.807) is 30.6 Å². The Hall–Kier alpha value is -3.73. The number of carbonyl (C=O) groups is 2. The van der Waals surface area contributed by atoms with Crippen molar-refractivity contribution >= 4 is 17.4 Å². The molecule has 0 spiro atoms. The molecule has 1 aromatic heterocycles. The van der Waals surface area contributed by atoms with Gasteiger partial charge in [0.2, 0.25) is 0 Å². The average molecular weight is 398 g/mol. The van der Waals surface area contributed by atoms with Crippen molar-refractivity contribution in [2.45, 2.75) is 26.4 Å². The molecule has 0 aliphatic carbocycles. The maximum absolute atomic E-state index is 13.0. The maximum Gasteiger partial charge on any atom is 0.295 e. The van der Waals surface area contributed by atoms with Crippen LogP contribution in [0.4, 0.5) is 0 Å². The normalized spacial score (nSPS) is 18.1. The fraction of sp³-hybridized carbons (Fsp3) is 0.160. The van der Waals surface area contributed by atoms with Crippen LogP contribution in [0.15, 0.2) is 78.6 Å². The molecular weight excluding hydrogens is 376 g/mol. The van der Waals surface area contributed by atoms with E-state index in [2.05, 4.69) is 4.98 Å². The van der Waals surface area contributed by atoms with Gasteiger partial charge in [-0.1, -0.05) is 65.7 Å². The van der Waals surface area contributed by atoms with Gasteiger partial charge in [0.1, 0.15) is 5.76 Å². The number of benzene rings is 2. The highest BCUT2D eigenvalue weighted by Gasteiger charge is 2.46.